The lowest BCUT2D eigenvalue weighted by atomic mass is 10.0. The number of aliphatic hydroxyl groups excluding tert-OH is 1. The second-order valence-electron chi connectivity index (χ2n) is 3.73. The van der Waals surface area contributed by atoms with E-state index in [9.17, 15) is 5.11 Å². The Hall–Kier alpha value is -0.540. The first-order valence-corrected chi connectivity index (χ1v) is 6.96. The number of hydrogen-bond acceptors (Lipinski definition) is 2. The number of aryl methyl sites for hydroxylation is 1. The Morgan fingerprint density at radius 2 is 2.06 bits per heavy atom. The molecule has 0 aliphatic carbocycles. The van der Waals surface area contributed by atoms with Crippen molar-refractivity contribution in [3.8, 4) is 0 Å². The zero-order valence-corrected chi connectivity index (χ0v) is 11.6. The second-order valence-corrected chi connectivity index (χ2v) is 5.52. The van der Waals surface area contributed by atoms with Crippen molar-refractivity contribution in [1.29, 1.82) is 0 Å². The van der Waals surface area contributed by atoms with E-state index in [1.807, 2.05) is 11.4 Å². The summed E-state index contributed by atoms with van der Waals surface area (Å²) in [5.74, 6) is 0. The van der Waals surface area contributed by atoms with Gasteiger partial charge in [0.05, 0.1) is 0 Å². The summed E-state index contributed by atoms with van der Waals surface area (Å²) in [4.78, 5) is 0.941. The van der Waals surface area contributed by atoms with E-state index in [2.05, 4.69) is 6.92 Å². The maximum Gasteiger partial charge on any atom is 0.115 e. The summed E-state index contributed by atoms with van der Waals surface area (Å²) in [6.07, 6.45) is 0.199. The van der Waals surface area contributed by atoms with Gasteiger partial charge in [-0.25, -0.2) is 0 Å². The molecule has 90 valence electrons. The van der Waals surface area contributed by atoms with Crippen LogP contribution in [-0.4, -0.2) is 5.11 Å². The van der Waals surface area contributed by atoms with Gasteiger partial charge in [0, 0.05) is 20.5 Å². The van der Waals surface area contributed by atoms with Crippen LogP contribution in [0.15, 0.2) is 29.6 Å². The van der Waals surface area contributed by atoms with Crippen molar-refractivity contribution in [3.63, 3.8) is 0 Å². The van der Waals surface area contributed by atoms with E-state index < -0.39 is 6.10 Å². The standard InChI is InChI=1S/C13H12Cl2OS/c1-2-8-5-6-17-13(8)12(16)10-7-9(14)3-4-11(10)15/h3-7,12,16H,2H2,1H3. The van der Waals surface area contributed by atoms with Gasteiger partial charge in [0.1, 0.15) is 6.10 Å². The highest BCUT2D eigenvalue weighted by Gasteiger charge is 2.18. The minimum absolute atomic E-state index is 0.539. The largest absolute Gasteiger partial charge is 0.383 e. The molecule has 1 nitrogen and oxygen atoms in total. The van der Waals surface area contributed by atoms with Crippen molar-refractivity contribution >= 4 is 34.5 Å². The molecular weight excluding hydrogens is 275 g/mol. The van der Waals surface area contributed by atoms with Gasteiger partial charge in [-0.1, -0.05) is 30.1 Å². The third kappa shape index (κ3) is 2.66. The summed E-state index contributed by atoms with van der Waals surface area (Å²) in [7, 11) is 0. The Morgan fingerprint density at radius 3 is 2.76 bits per heavy atom. The van der Waals surface area contributed by atoms with Crippen LogP contribution in [0.2, 0.25) is 10.0 Å². The Labute approximate surface area is 115 Å². The van der Waals surface area contributed by atoms with Crippen LogP contribution >= 0.6 is 34.5 Å². The molecule has 2 aromatic rings. The van der Waals surface area contributed by atoms with Crippen LogP contribution in [0.25, 0.3) is 0 Å². The smallest absolute Gasteiger partial charge is 0.115 e. The molecular formula is C13H12Cl2OS. The van der Waals surface area contributed by atoms with Gasteiger partial charge in [-0.05, 0) is 41.6 Å². The van der Waals surface area contributed by atoms with Crippen molar-refractivity contribution in [1.82, 2.24) is 0 Å². The fraction of sp³-hybridized carbons (Fsp3) is 0.231. The lowest BCUT2D eigenvalue weighted by Gasteiger charge is -2.13. The maximum atomic E-state index is 10.4. The molecule has 4 heteroatoms. The molecule has 1 heterocycles. The van der Waals surface area contributed by atoms with Crippen LogP contribution in [0, 0.1) is 0 Å². The molecule has 1 aromatic heterocycles. The maximum absolute atomic E-state index is 10.4. The summed E-state index contributed by atoms with van der Waals surface area (Å²) in [6, 6.07) is 7.17. The van der Waals surface area contributed by atoms with Gasteiger partial charge in [0.15, 0.2) is 0 Å². The number of thiophene rings is 1. The van der Waals surface area contributed by atoms with Crippen LogP contribution in [-0.2, 0) is 6.42 Å². The second kappa shape index (κ2) is 5.40. The monoisotopic (exact) mass is 286 g/mol. The quantitative estimate of drug-likeness (QED) is 0.867. The zero-order chi connectivity index (χ0) is 12.4. The lowest BCUT2D eigenvalue weighted by molar-refractivity contribution is 0.223. The van der Waals surface area contributed by atoms with Crippen molar-refractivity contribution in [2.75, 3.05) is 0 Å². The molecule has 1 N–H and O–H groups in total. The number of aliphatic hydroxyl groups is 1. The minimum atomic E-state index is -0.698. The van der Waals surface area contributed by atoms with Gasteiger partial charge >= 0.3 is 0 Å². The van der Waals surface area contributed by atoms with E-state index in [0.29, 0.717) is 15.6 Å². The Morgan fingerprint density at radius 1 is 1.29 bits per heavy atom. The summed E-state index contributed by atoms with van der Waals surface area (Å²) >= 11 is 13.6. The molecule has 0 saturated heterocycles. The Balaban J connectivity index is 2.43. The SMILES string of the molecule is CCc1ccsc1C(O)c1cc(Cl)ccc1Cl. The topological polar surface area (TPSA) is 20.2 Å². The van der Waals surface area contributed by atoms with E-state index in [1.54, 1.807) is 18.2 Å². The number of rotatable bonds is 3. The Bertz CT molecular complexity index is 522. The van der Waals surface area contributed by atoms with E-state index in [4.69, 9.17) is 23.2 Å². The highest BCUT2D eigenvalue weighted by molar-refractivity contribution is 7.10. The van der Waals surface area contributed by atoms with E-state index >= 15 is 0 Å². The van der Waals surface area contributed by atoms with Gasteiger partial charge in [-0.2, -0.15) is 0 Å². The fourth-order valence-corrected chi connectivity index (χ4v) is 3.14. The molecule has 1 aromatic carbocycles. The predicted molar refractivity (Wildman–Crippen MR) is 74.2 cm³/mol. The molecule has 0 saturated carbocycles. The average molecular weight is 287 g/mol. The molecule has 0 radical (unpaired) electrons. The third-order valence-corrected chi connectivity index (χ3v) is 4.25. The van der Waals surface area contributed by atoms with Crippen molar-refractivity contribution in [2.45, 2.75) is 19.4 Å². The Kier molecular flexibility index (Phi) is 4.10. The molecule has 2 rings (SSSR count). The first kappa shape index (κ1) is 12.9. The summed E-state index contributed by atoms with van der Waals surface area (Å²) < 4.78 is 0. The number of halogens is 2. The van der Waals surface area contributed by atoms with Crippen LogP contribution in [0.3, 0.4) is 0 Å². The first-order chi connectivity index (χ1) is 8.13. The molecule has 0 aliphatic heterocycles. The summed E-state index contributed by atoms with van der Waals surface area (Å²) in [5, 5.41) is 13.5. The van der Waals surface area contributed by atoms with Gasteiger partial charge in [0.25, 0.3) is 0 Å². The highest BCUT2D eigenvalue weighted by atomic mass is 35.5. The molecule has 0 spiro atoms. The summed E-state index contributed by atoms with van der Waals surface area (Å²) in [5.41, 5.74) is 1.81. The lowest BCUT2D eigenvalue weighted by Crippen LogP contribution is -2.01. The van der Waals surface area contributed by atoms with Crippen LogP contribution in [0.4, 0.5) is 0 Å². The molecule has 1 atom stereocenters. The molecule has 0 aliphatic rings. The molecule has 0 fully saturated rings. The fourth-order valence-electron chi connectivity index (χ4n) is 1.74. The van der Waals surface area contributed by atoms with E-state index in [0.717, 1.165) is 16.9 Å². The highest BCUT2D eigenvalue weighted by Crippen LogP contribution is 2.34. The van der Waals surface area contributed by atoms with Crippen LogP contribution < -0.4 is 0 Å². The minimum Gasteiger partial charge on any atom is -0.383 e. The van der Waals surface area contributed by atoms with Gasteiger partial charge < -0.3 is 5.11 Å². The van der Waals surface area contributed by atoms with Crippen molar-refractivity contribution in [2.24, 2.45) is 0 Å². The third-order valence-electron chi connectivity index (χ3n) is 2.66. The zero-order valence-electron chi connectivity index (χ0n) is 9.28. The summed E-state index contributed by atoms with van der Waals surface area (Å²) in [6.45, 7) is 2.07. The normalized spacial score (nSPS) is 12.7. The van der Waals surface area contributed by atoms with Crippen LogP contribution in [0.5, 0.6) is 0 Å². The molecule has 0 amide bonds. The van der Waals surface area contributed by atoms with Crippen molar-refractivity contribution in [3.05, 3.63) is 55.7 Å². The van der Waals surface area contributed by atoms with Gasteiger partial charge in [-0.3, -0.25) is 0 Å². The van der Waals surface area contributed by atoms with Gasteiger partial charge in [-0.15, -0.1) is 11.3 Å². The average Bonchev–Trinajstić information content (AvgIpc) is 2.79. The molecule has 17 heavy (non-hydrogen) atoms. The molecule has 1 unspecified atom stereocenters. The van der Waals surface area contributed by atoms with Crippen LogP contribution in [0.1, 0.15) is 29.0 Å². The van der Waals surface area contributed by atoms with Gasteiger partial charge in [0.2, 0.25) is 0 Å². The molecule has 0 bridgehead atoms. The van der Waals surface area contributed by atoms with Crippen molar-refractivity contribution < 1.29 is 5.11 Å². The van der Waals surface area contributed by atoms with E-state index in [-0.39, 0.29) is 0 Å². The predicted octanol–water partition coefficient (Wildman–Crippen LogP) is 4.70. The van der Waals surface area contributed by atoms with E-state index in [1.165, 1.54) is 11.3 Å². The number of hydrogen-bond donors (Lipinski definition) is 1. The first-order valence-electron chi connectivity index (χ1n) is 5.32. The number of benzene rings is 1.